The third-order valence-corrected chi connectivity index (χ3v) is 4.87. The van der Waals surface area contributed by atoms with E-state index >= 15 is 0 Å². The molecule has 0 radical (unpaired) electrons. The number of hydrogen-bond acceptors (Lipinski definition) is 4. The number of carbonyl (C=O) groups is 3. The molecule has 1 N–H and O–H groups in total. The van der Waals surface area contributed by atoms with Crippen molar-refractivity contribution in [3.8, 4) is 0 Å². The van der Waals surface area contributed by atoms with Gasteiger partial charge >= 0.3 is 5.97 Å². The van der Waals surface area contributed by atoms with E-state index in [0.29, 0.717) is 22.2 Å². The molecule has 1 aliphatic heterocycles. The van der Waals surface area contributed by atoms with Crippen LogP contribution in [0.25, 0.3) is 10.1 Å². The Morgan fingerprint density at radius 3 is 2.22 bits per heavy atom. The molecule has 0 fully saturated rings. The zero-order valence-electron chi connectivity index (χ0n) is 11.6. The molecule has 0 aliphatic carbocycles. The quantitative estimate of drug-likeness (QED) is 0.734. The van der Waals surface area contributed by atoms with Crippen molar-refractivity contribution in [1.82, 2.24) is 0 Å². The van der Waals surface area contributed by atoms with Crippen molar-refractivity contribution < 1.29 is 19.5 Å². The Hall–Kier alpha value is -2.99. The second kappa shape index (κ2) is 4.76. The summed E-state index contributed by atoms with van der Waals surface area (Å²) in [6.45, 7) is 0. The average Bonchev–Trinajstić information content (AvgIpc) is 3.09. The van der Waals surface area contributed by atoms with Gasteiger partial charge in [0, 0.05) is 10.1 Å². The highest BCUT2D eigenvalue weighted by Crippen LogP contribution is 2.37. The Bertz CT molecular complexity index is 970. The number of nitrogens with zero attached hydrogens (tertiary/aromatic N) is 1. The van der Waals surface area contributed by atoms with Crippen molar-refractivity contribution in [1.29, 1.82) is 0 Å². The zero-order chi connectivity index (χ0) is 16.1. The normalized spacial score (nSPS) is 13.7. The lowest BCUT2D eigenvalue weighted by Gasteiger charge is -2.14. The number of aromatic carboxylic acids is 1. The highest BCUT2D eigenvalue weighted by Gasteiger charge is 2.37. The fourth-order valence-corrected chi connectivity index (χ4v) is 3.68. The smallest absolute Gasteiger partial charge is 0.345 e. The molecule has 5 nitrogen and oxygen atoms in total. The van der Waals surface area contributed by atoms with Gasteiger partial charge in [-0.3, -0.25) is 9.59 Å². The zero-order valence-corrected chi connectivity index (χ0v) is 12.5. The molecule has 1 aliphatic rings. The molecule has 112 valence electrons. The summed E-state index contributed by atoms with van der Waals surface area (Å²) in [6, 6.07) is 13.3. The second-order valence-electron chi connectivity index (χ2n) is 5.10. The number of carboxylic acid groups (broad SMARTS) is 1. The molecule has 0 bridgehead atoms. The van der Waals surface area contributed by atoms with Crippen molar-refractivity contribution >= 4 is 44.9 Å². The van der Waals surface area contributed by atoms with Crippen molar-refractivity contribution in [2.75, 3.05) is 4.90 Å². The first-order valence-electron chi connectivity index (χ1n) is 6.81. The molecular formula is C17H9NO4S. The first-order chi connectivity index (χ1) is 11.1. The Morgan fingerprint density at radius 1 is 0.957 bits per heavy atom. The maximum atomic E-state index is 12.6. The number of carbonyl (C=O) groups excluding carboxylic acids is 2. The van der Waals surface area contributed by atoms with Crippen LogP contribution in [0.15, 0.2) is 48.5 Å². The predicted octanol–water partition coefficient (Wildman–Crippen LogP) is 3.40. The molecule has 6 heteroatoms. The number of benzene rings is 2. The standard InChI is InChI=1S/C17H9NO4S/c19-15-9-4-1-2-5-10(9)16(20)18(15)12-6-3-7-13-11(12)8-14(23-13)17(21)22/h1-8H,(H,21,22). The van der Waals surface area contributed by atoms with Gasteiger partial charge in [0.05, 0.1) is 16.8 Å². The average molecular weight is 323 g/mol. The summed E-state index contributed by atoms with van der Waals surface area (Å²) in [5, 5.41) is 9.74. The summed E-state index contributed by atoms with van der Waals surface area (Å²) in [5.74, 6) is -1.80. The third kappa shape index (κ3) is 1.89. The summed E-state index contributed by atoms with van der Waals surface area (Å²) in [5.41, 5.74) is 1.14. The summed E-state index contributed by atoms with van der Waals surface area (Å²) >= 11 is 1.12. The van der Waals surface area contributed by atoms with Gasteiger partial charge in [0.1, 0.15) is 4.88 Å². The molecule has 0 saturated heterocycles. The van der Waals surface area contributed by atoms with E-state index in [1.54, 1.807) is 42.5 Å². The lowest BCUT2D eigenvalue weighted by molar-refractivity contribution is 0.0701. The highest BCUT2D eigenvalue weighted by molar-refractivity contribution is 7.20. The van der Waals surface area contributed by atoms with Crippen LogP contribution in [0.1, 0.15) is 30.4 Å². The van der Waals surface area contributed by atoms with E-state index in [-0.39, 0.29) is 16.7 Å². The molecule has 2 heterocycles. The van der Waals surface area contributed by atoms with Crippen LogP contribution in [0.4, 0.5) is 5.69 Å². The van der Waals surface area contributed by atoms with Crippen LogP contribution in [0, 0.1) is 0 Å². The largest absolute Gasteiger partial charge is 0.477 e. The minimum absolute atomic E-state index is 0.170. The molecule has 23 heavy (non-hydrogen) atoms. The van der Waals surface area contributed by atoms with Crippen LogP contribution in [0.2, 0.25) is 0 Å². The number of imide groups is 1. The van der Waals surface area contributed by atoms with E-state index in [4.69, 9.17) is 5.11 Å². The monoisotopic (exact) mass is 323 g/mol. The van der Waals surface area contributed by atoms with Crippen LogP contribution in [-0.4, -0.2) is 22.9 Å². The maximum absolute atomic E-state index is 12.6. The van der Waals surface area contributed by atoms with Gasteiger partial charge in [0.2, 0.25) is 0 Å². The summed E-state index contributed by atoms with van der Waals surface area (Å²) < 4.78 is 0.719. The predicted molar refractivity (Wildman–Crippen MR) is 86.4 cm³/mol. The van der Waals surface area contributed by atoms with Gasteiger partial charge in [-0.2, -0.15) is 0 Å². The Balaban J connectivity index is 1.92. The van der Waals surface area contributed by atoms with Gasteiger partial charge in [0.25, 0.3) is 11.8 Å². The van der Waals surface area contributed by atoms with Gasteiger partial charge in [-0.05, 0) is 30.3 Å². The number of thiophene rings is 1. The van der Waals surface area contributed by atoms with E-state index in [1.807, 2.05) is 0 Å². The van der Waals surface area contributed by atoms with E-state index in [9.17, 15) is 14.4 Å². The fraction of sp³-hybridized carbons (Fsp3) is 0. The van der Waals surface area contributed by atoms with Crippen molar-refractivity contribution in [3.05, 3.63) is 64.5 Å². The fourth-order valence-electron chi connectivity index (χ4n) is 2.75. The summed E-state index contributed by atoms with van der Waals surface area (Å²) in [7, 11) is 0. The minimum atomic E-state index is -1.03. The van der Waals surface area contributed by atoms with Gasteiger partial charge in [-0.1, -0.05) is 18.2 Å². The molecule has 2 amide bonds. The molecule has 1 aromatic heterocycles. The lowest BCUT2D eigenvalue weighted by Crippen LogP contribution is -2.29. The lowest BCUT2D eigenvalue weighted by atomic mass is 10.1. The number of fused-ring (bicyclic) bond motifs is 2. The van der Waals surface area contributed by atoms with Crippen molar-refractivity contribution in [3.63, 3.8) is 0 Å². The van der Waals surface area contributed by atoms with Crippen LogP contribution in [0.3, 0.4) is 0 Å². The maximum Gasteiger partial charge on any atom is 0.345 e. The summed E-state index contributed by atoms with van der Waals surface area (Å²) in [4.78, 5) is 37.6. The number of amides is 2. The van der Waals surface area contributed by atoms with Gasteiger partial charge in [0.15, 0.2) is 0 Å². The first-order valence-corrected chi connectivity index (χ1v) is 7.63. The van der Waals surface area contributed by atoms with Crippen LogP contribution < -0.4 is 4.90 Å². The molecular weight excluding hydrogens is 314 g/mol. The topological polar surface area (TPSA) is 74.7 Å². The molecule has 0 unspecified atom stereocenters. The van der Waals surface area contributed by atoms with Gasteiger partial charge in [-0.25, -0.2) is 9.69 Å². The Kier molecular flexibility index (Phi) is 2.82. The Morgan fingerprint density at radius 2 is 1.61 bits per heavy atom. The molecule has 0 spiro atoms. The van der Waals surface area contributed by atoms with Gasteiger partial charge < -0.3 is 5.11 Å². The van der Waals surface area contributed by atoms with Crippen molar-refractivity contribution in [2.24, 2.45) is 0 Å². The van der Waals surface area contributed by atoms with Crippen LogP contribution in [-0.2, 0) is 0 Å². The molecule has 2 aromatic carbocycles. The van der Waals surface area contributed by atoms with Crippen LogP contribution in [0.5, 0.6) is 0 Å². The molecule has 4 rings (SSSR count). The summed E-state index contributed by atoms with van der Waals surface area (Å²) in [6.07, 6.45) is 0. The molecule has 0 atom stereocenters. The SMILES string of the molecule is O=C(O)c1cc2c(N3C(=O)c4ccccc4C3=O)cccc2s1. The molecule has 0 saturated carbocycles. The van der Waals surface area contributed by atoms with E-state index in [0.717, 1.165) is 20.9 Å². The highest BCUT2D eigenvalue weighted by atomic mass is 32.1. The number of hydrogen-bond donors (Lipinski definition) is 1. The number of anilines is 1. The minimum Gasteiger partial charge on any atom is -0.477 e. The first kappa shape index (κ1) is 13.7. The van der Waals surface area contributed by atoms with E-state index < -0.39 is 5.97 Å². The van der Waals surface area contributed by atoms with Crippen LogP contribution >= 0.6 is 11.3 Å². The second-order valence-corrected chi connectivity index (χ2v) is 6.18. The molecule has 3 aromatic rings. The number of rotatable bonds is 2. The Labute approximate surface area is 134 Å². The third-order valence-electron chi connectivity index (χ3n) is 3.78. The number of carboxylic acids is 1. The van der Waals surface area contributed by atoms with E-state index in [1.165, 1.54) is 6.07 Å². The van der Waals surface area contributed by atoms with E-state index in [2.05, 4.69) is 0 Å². The van der Waals surface area contributed by atoms with Gasteiger partial charge in [-0.15, -0.1) is 11.3 Å². The van der Waals surface area contributed by atoms with Crippen molar-refractivity contribution in [2.45, 2.75) is 0 Å².